The van der Waals surface area contributed by atoms with Crippen LogP contribution in [0.25, 0.3) is 0 Å². The lowest BCUT2D eigenvalue weighted by Crippen LogP contribution is -2.32. The van der Waals surface area contributed by atoms with Crippen molar-refractivity contribution >= 4 is 29.4 Å². The lowest BCUT2D eigenvalue weighted by atomic mass is 10.1. The van der Waals surface area contributed by atoms with Crippen LogP contribution < -0.4 is 4.74 Å². The van der Waals surface area contributed by atoms with Gasteiger partial charge < -0.3 is 9.57 Å². The molecule has 3 rings (SSSR count). The Kier molecular flexibility index (Phi) is 3.75. The van der Waals surface area contributed by atoms with E-state index in [0.29, 0.717) is 10.8 Å². The van der Waals surface area contributed by atoms with E-state index in [9.17, 15) is 14.4 Å². The second-order valence-corrected chi connectivity index (χ2v) is 5.15. The molecule has 0 saturated heterocycles. The summed E-state index contributed by atoms with van der Waals surface area (Å²) in [5, 5.41) is 0.707. The summed E-state index contributed by atoms with van der Waals surface area (Å²) < 4.78 is 5.01. The van der Waals surface area contributed by atoms with E-state index in [1.807, 2.05) is 0 Å². The Labute approximate surface area is 136 Å². The maximum Gasteiger partial charge on any atom is 0.364 e. The number of hydroxylamine groups is 2. The van der Waals surface area contributed by atoms with Crippen LogP contribution in [0.3, 0.4) is 0 Å². The molecule has 0 atom stereocenters. The Bertz CT molecular complexity index is 798. The first-order valence-electron chi connectivity index (χ1n) is 6.56. The minimum Gasteiger partial charge on any atom is -0.497 e. The molecule has 2 aromatic carbocycles. The third-order valence-corrected chi connectivity index (χ3v) is 3.49. The van der Waals surface area contributed by atoms with Crippen molar-refractivity contribution in [1.29, 1.82) is 0 Å². The molecular weight excluding hydrogens is 322 g/mol. The average Bonchev–Trinajstić information content (AvgIpc) is 2.79. The van der Waals surface area contributed by atoms with Crippen molar-refractivity contribution in [2.45, 2.75) is 0 Å². The van der Waals surface area contributed by atoms with Crippen LogP contribution in [0.4, 0.5) is 0 Å². The Balaban J connectivity index is 1.86. The third-order valence-electron chi connectivity index (χ3n) is 3.27. The van der Waals surface area contributed by atoms with Crippen molar-refractivity contribution in [1.82, 2.24) is 5.06 Å². The van der Waals surface area contributed by atoms with Gasteiger partial charge in [-0.25, -0.2) is 4.79 Å². The number of carbonyl (C=O) groups is 3. The molecule has 0 fully saturated rings. The minimum atomic E-state index is -0.889. The Morgan fingerprint density at radius 3 is 2.22 bits per heavy atom. The third kappa shape index (κ3) is 2.64. The molecule has 7 heteroatoms. The second kappa shape index (κ2) is 5.73. The number of benzene rings is 2. The van der Waals surface area contributed by atoms with E-state index in [0.717, 1.165) is 0 Å². The fourth-order valence-corrected chi connectivity index (χ4v) is 2.41. The SMILES string of the molecule is COc1cc(Cl)cc(C(=O)ON2C(=O)c3ccccc3C2=O)c1. The quantitative estimate of drug-likeness (QED) is 0.808. The molecule has 116 valence electrons. The van der Waals surface area contributed by atoms with Gasteiger partial charge in [-0.3, -0.25) is 9.59 Å². The summed E-state index contributed by atoms with van der Waals surface area (Å²) in [5.41, 5.74) is 0.439. The molecule has 2 amide bonds. The van der Waals surface area contributed by atoms with Crippen molar-refractivity contribution in [3.63, 3.8) is 0 Å². The van der Waals surface area contributed by atoms with Crippen molar-refractivity contribution < 1.29 is 24.0 Å². The number of rotatable bonds is 3. The average molecular weight is 332 g/mol. The standard InChI is InChI=1S/C16H10ClNO5/c1-22-11-7-9(6-10(17)8-11)16(21)23-18-14(19)12-4-2-3-5-13(12)15(18)20/h2-8H,1H3. The topological polar surface area (TPSA) is 72.9 Å². The summed E-state index contributed by atoms with van der Waals surface area (Å²) in [5.74, 6) is -1.91. The highest BCUT2D eigenvalue weighted by Gasteiger charge is 2.38. The van der Waals surface area contributed by atoms with Crippen LogP contribution in [0.15, 0.2) is 42.5 Å². The van der Waals surface area contributed by atoms with Crippen LogP contribution >= 0.6 is 11.6 Å². The first-order valence-corrected chi connectivity index (χ1v) is 6.94. The van der Waals surface area contributed by atoms with Gasteiger partial charge in [0.15, 0.2) is 0 Å². The van der Waals surface area contributed by atoms with E-state index in [1.165, 1.54) is 37.4 Å². The van der Waals surface area contributed by atoms with Gasteiger partial charge in [-0.15, -0.1) is 0 Å². The summed E-state index contributed by atoms with van der Waals surface area (Å²) in [4.78, 5) is 41.4. The van der Waals surface area contributed by atoms with Crippen LogP contribution in [-0.4, -0.2) is 30.0 Å². The van der Waals surface area contributed by atoms with Gasteiger partial charge in [0, 0.05) is 5.02 Å². The van der Waals surface area contributed by atoms with Gasteiger partial charge in [-0.05, 0) is 30.3 Å². The summed E-state index contributed by atoms with van der Waals surface area (Å²) in [6.45, 7) is 0. The fourth-order valence-electron chi connectivity index (χ4n) is 2.18. The van der Waals surface area contributed by atoms with Crippen LogP contribution in [0.2, 0.25) is 5.02 Å². The van der Waals surface area contributed by atoms with E-state index in [2.05, 4.69) is 0 Å². The molecule has 0 N–H and O–H groups in total. The highest BCUT2D eigenvalue weighted by molar-refractivity contribution is 6.31. The number of methoxy groups -OCH3 is 1. The largest absolute Gasteiger partial charge is 0.497 e. The number of nitrogens with zero attached hydrogens (tertiary/aromatic N) is 1. The smallest absolute Gasteiger partial charge is 0.364 e. The molecule has 0 unspecified atom stereocenters. The number of hydrogen-bond donors (Lipinski definition) is 0. The molecule has 1 aliphatic heterocycles. The van der Waals surface area contributed by atoms with Gasteiger partial charge in [-0.1, -0.05) is 28.8 Å². The molecule has 6 nitrogen and oxygen atoms in total. The van der Waals surface area contributed by atoms with Crippen LogP contribution in [0.1, 0.15) is 31.1 Å². The second-order valence-electron chi connectivity index (χ2n) is 4.71. The normalized spacial score (nSPS) is 13.0. The van der Waals surface area contributed by atoms with Crippen LogP contribution in [0, 0.1) is 0 Å². The van der Waals surface area contributed by atoms with Crippen molar-refractivity contribution in [3.8, 4) is 5.75 Å². The molecule has 0 saturated carbocycles. The molecule has 1 heterocycles. The fraction of sp³-hybridized carbons (Fsp3) is 0.0625. The number of imide groups is 1. The number of carbonyl (C=O) groups excluding carboxylic acids is 3. The van der Waals surface area contributed by atoms with Gasteiger partial charge >= 0.3 is 5.97 Å². The molecule has 2 aromatic rings. The highest BCUT2D eigenvalue weighted by atomic mass is 35.5. The molecule has 23 heavy (non-hydrogen) atoms. The van der Waals surface area contributed by atoms with Crippen LogP contribution in [0.5, 0.6) is 5.75 Å². The number of ether oxygens (including phenoxy) is 1. The molecule has 0 radical (unpaired) electrons. The van der Waals surface area contributed by atoms with Crippen molar-refractivity contribution in [3.05, 3.63) is 64.2 Å². The lowest BCUT2D eigenvalue weighted by molar-refractivity contribution is -0.0584. The first-order chi connectivity index (χ1) is 11.0. The zero-order valence-corrected chi connectivity index (χ0v) is 12.7. The van der Waals surface area contributed by atoms with E-state index in [4.69, 9.17) is 21.2 Å². The molecule has 0 aliphatic carbocycles. The van der Waals surface area contributed by atoms with Crippen LogP contribution in [-0.2, 0) is 4.84 Å². The number of fused-ring (bicyclic) bond motifs is 1. The maximum atomic E-state index is 12.2. The highest BCUT2D eigenvalue weighted by Crippen LogP contribution is 2.25. The molecule has 0 spiro atoms. The van der Waals surface area contributed by atoms with Gasteiger partial charge in [0.1, 0.15) is 5.75 Å². The Hall–Kier alpha value is -2.86. The summed E-state index contributed by atoms with van der Waals surface area (Å²) in [6.07, 6.45) is 0. The predicted molar refractivity (Wildman–Crippen MR) is 80.4 cm³/mol. The van der Waals surface area contributed by atoms with Gasteiger partial charge in [0.05, 0.1) is 23.8 Å². The number of hydrogen-bond acceptors (Lipinski definition) is 5. The Morgan fingerprint density at radius 1 is 1.04 bits per heavy atom. The summed E-state index contributed by atoms with van der Waals surface area (Å²) in [6, 6.07) is 10.5. The lowest BCUT2D eigenvalue weighted by Gasteiger charge is -2.13. The van der Waals surface area contributed by atoms with Gasteiger partial charge in [0.25, 0.3) is 11.8 Å². The number of amides is 2. The zero-order valence-electron chi connectivity index (χ0n) is 11.9. The summed E-state index contributed by atoms with van der Waals surface area (Å²) >= 11 is 5.88. The van der Waals surface area contributed by atoms with E-state index >= 15 is 0 Å². The van der Waals surface area contributed by atoms with Crippen molar-refractivity contribution in [2.24, 2.45) is 0 Å². The van der Waals surface area contributed by atoms with Gasteiger partial charge in [-0.2, -0.15) is 0 Å². The first kappa shape index (κ1) is 15.1. The molecule has 0 aromatic heterocycles. The van der Waals surface area contributed by atoms with E-state index in [1.54, 1.807) is 12.1 Å². The monoisotopic (exact) mass is 331 g/mol. The maximum absolute atomic E-state index is 12.2. The zero-order chi connectivity index (χ0) is 16.6. The molecule has 0 bridgehead atoms. The minimum absolute atomic E-state index is 0.0610. The Morgan fingerprint density at radius 2 is 1.65 bits per heavy atom. The van der Waals surface area contributed by atoms with E-state index < -0.39 is 17.8 Å². The predicted octanol–water partition coefficient (Wildman–Crippen LogP) is 2.72. The molecule has 1 aliphatic rings. The van der Waals surface area contributed by atoms with E-state index in [-0.39, 0.29) is 21.7 Å². The number of halogens is 1. The van der Waals surface area contributed by atoms with Crippen molar-refractivity contribution in [2.75, 3.05) is 7.11 Å². The summed E-state index contributed by atoms with van der Waals surface area (Å²) in [7, 11) is 1.42. The molecular formula is C16H10ClNO5. The van der Waals surface area contributed by atoms with Gasteiger partial charge in [0.2, 0.25) is 0 Å².